The topological polar surface area (TPSA) is 41.5 Å². The summed E-state index contributed by atoms with van der Waals surface area (Å²) in [6.45, 7) is 2.37. The third-order valence-corrected chi connectivity index (χ3v) is 6.46. The summed E-state index contributed by atoms with van der Waals surface area (Å²) in [5.74, 6) is -0.148. The van der Waals surface area contributed by atoms with Gasteiger partial charge in [-0.3, -0.25) is 9.79 Å². The van der Waals surface area contributed by atoms with Crippen LogP contribution < -0.4 is 5.32 Å². The predicted octanol–water partition coefficient (Wildman–Crippen LogP) is 6.64. The Morgan fingerprint density at radius 1 is 1.11 bits per heavy atom. The first-order chi connectivity index (χ1) is 13.5. The summed E-state index contributed by atoms with van der Waals surface area (Å²) in [4.78, 5) is 19.6. The number of amides is 1. The van der Waals surface area contributed by atoms with E-state index < -0.39 is 0 Å². The van der Waals surface area contributed by atoms with Crippen molar-refractivity contribution in [2.24, 2.45) is 4.99 Å². The highest BCUT2D eigenvalue weighted by Gasteiger charge is 2.17. The van der Waals surface area contributed by atoms with Crippen LogP contribution in [0.1, 0.15) is 28.4 Å². The summed E-state index contributed by atoms with van der Waals surface area (Å²) in [6, 6.07) is 19.3. The Morgan fingerprint density at radius 3 is 2.71 bits per heavy atom. The molecule has 0 aliphatic carbocycles. The number of carbonyl (C=O) groups excluding carboxylic acids is 1. The van der Waals surface area contributed by atoms with Gasteiger partial charge in [0.1, 0.15) is 0 Å². The minimum Gasteiger partial charge on any atom is -0.348 e. The largest absolute Gasteiger partial charge is 0.348 e. The van der Waals surface area contributed by atoms with Gasteiger partial charge in [0.15, 0.2) is 0 Å². The van der Waals surface area contributed by atoms with Crippen molar-refractivity contribution in [1.29, 1.82) is 0 Å². The van der Waals surface area contributed by atoms with E-state index in [1.165, 1.54) is 0 Å². The van der Waals surface area contributed by atoms with Gasteiger partial charge in [0.05, 0.1) is 5.69 Å². The molecule has 4 rings (SSSR count). The Balaban J connectivity index is 1.59. The summed E-state index contributed by atoms with van der Waals surface area (Å²) in [5.41, 5.74) is 4.30. The molecule has 1 amide bonds. The van der Waals surface area contributed by atoms with E-state index in [1.54, 1.807) is 11.8 Å². The van der Waals surface area contributed by atoms with Crippen molar-refractivity contribution in [3.8, 4) is 0 Å². The van der Waals surface area contributed by atoms with Crippen LogP contribution in [0.15, 0.2) is 79.9 Å². The maximum absolute atomic E-state index is 12.6. The fourth-order valence-corrected chi connectivity index (χ4v) is 4.58. The Hall–Kier alpha value is -2.08. The van der Waals surface area contributed by atoms with Gasteiger partial charge in [-0.05, 0) is 55.0 Å². The van der Waals surface area contributed by atoms with Crippen molar-refractivity contribution in [3.05, 3.63) is 86.8 Å². The molecule has 0 radical (unpaired) electrons. The monoisotopic (exact) mass is 470 g/mol. The van der Waals surface area contributed by atoms with Crippen LogP contribution in [0.4, 0.5) is 5.69 Å². The first-order valence-corrected chi connectivity index (χ1v) is 10.7. The second kappa shape index (κ2) is 8.11. The zero-order chi connectivity index (χ0) is 19.7. The number of nitrogens with zero attached hydrogens (tertiary/aromatic N) is 1. The molecule has 6 heteroatoms. The van der Waals surface area contributed by atoms with E-state index in [1.807, 2.05) is 55.5 Å². The predicted molar refractivity (Wildman–Crippen MR) is 119 cm³/mol. The van der Waals surface area contributed by atoms with Gasteiger partial charge in [0, 0.05) is 42.7 Å². The Morgan fingerprint density at radius 2 is 1.89 bits per heavy atom. The molecule has 3 aromatic carbocycles. The average molecular weight is 472 g/mol. The van der Waals surface area contributed by atoms with Crippen molar-refractivity contribution in [2.75, 3.05) is 0 Å². The van der Waals surface area contributed by atoms with E-state index in [9.17, 15) is 4.79 Å². The van der Waals surface area contributed by atoms with Crippen molar-refractivity contribution in [3.63, 3.8) is 0 Å². The molecule has 0 saturated carbocycles. The number of nitrogens with one attached hydrogen (secondary N) is 1. The van der Waals surface area contributed by atoms with Crippen LogP contribution in [0.25, 0.3) is 0 Å². The van der Waals surface area contributed by atoms with Crippen LogP contribution in [0.2, 0.25) is 5.02 Å². The van der Waals surface area contributed by atoms with Gasteiger partial charge in [-0.25, -0.2) is 0 Å². The highest BCUT2D eigenvalue weighted by atomic mass is 79.9. The molecule has 3 nitrogen and oxygen atoms in total. The molecule has 0 bridgehead atoms. The molecule has 0 unspecified atom stereocenters. The third kappa shape index (κ3) is 4.02. The minimum atomic E-state index is -0.148. The second-order valence-electron chi connectivity index (χ2n) is 6.40. The number of hydrogen-bond acceptors (Lipinski definition) is 3. The summed E-state index contributed by atoms with van der Waals surface area (Å²) >= 11 is 11.4. The van der Waals surface area contributed by atoms with Crippen molar-refractivity contribution in [2.45, 2.75) is 23.3 Å². The number of aliphatic imine (C=N–C) groups is 1. The zero-order valence-corrected chi connectivity index (χ0v) is 18.2. The van der Waals surface area contributed by atoms with E-state index in [2.05, 4.69) is 33.4 Å². The molecule has 1 N–H and O–H groups in total. The summed E-state index contributed by atoms with van der Waals surface area (Å²) < 4.78 is 1.02. The second-order valence-corrected chi connectivity index (χ2v) is 8.80. The van der Waals surface area contributed by atoms with E-state index in [-0.39, 0.29) is 5.91 Å². The fourth-order valence-electron chi connectivity index (χ4n) is 2.98. The van der Waals surface area contributed by atoms with E-state index >= 15 is 0 Å². The molecular weight excluding hydrogens is 456 g/mol. The highest BCUT2D eigenvalue weighted by Crippen LogP contribution is 2.41. The SMILES string of the molecule is CC1=Nc2cc(C(=O)NCc3ccccc3Cl)ccc2Sc2ccc(Br)cc21. The van der Waals surface area contributed by atoms with Crippen molar-refractivity contribution < 1.29 is 4.79 Å². The van der Waals surface area contributed by atoms with Crippen LogP contribution in [0.3, 0.4) is 0 Å². The first kappa shape index (κ1) is 19.2. The summed E-state index contributed by atoms with van der Waals surface area (Å²) in [7, 11) is 0. The van der Waals surface area contributed by atoms with Crippen molar-refractivity contribution >= 4 is 56.6 Å². The van der Waals surface area contributed by atoms with Crippen LogP contribution >= 0.6 is 39.3 Å². The van der Waals surface area contributed by atoms with E-state index in [0.717, 1.165) is 36.8 Å². The van der Waals surface area contributed by atoms with Gasteiger partial charge in [0.25, 0.3) is 5.91 Å². The Kier molecular flexibility index (Phi) is 5.58. The fraction of sp³-hybridized carbons (Fsp3) is 0.0909. The average Bonchev–Trinajstić information content (AvgIpc) is 2.82. The molecule has 1 aliphatic rings. The number of fused-ring (bicyclic) bond motifs is 2. The first-order valence-electron chi connectivity index (χ1n) is 8.70. The normalized spacial score (nSPS) is 12.5. The van der Waals surface area contributed by atoms with Gasteiger partial charge in [-0.2, -0.15) is 0 Å². The maximum Gasteiger partial charge on any atom is 0.251 e. The maximum atomic E-state index is 12.6. The molecule has 28 heavy (non-hydrogen) atoms. The van der Waals surface area contributed by atoms with Gasteiger partial charge in [-0.15, -0.1) is 0 Å². The number of halogens is 2. The van der Waals surface area contributed by atoms with Crippen LogP contribution in [0.5, 0.6) is 0 Å². The molecule has 0 atom stereocenters. The lowest BCUT2D eigenvalue weighted by Crippen LogP contribution is -2.22. The molecule has 3 aromatic rings. The summed E-state index contributed by atoms with van der Waals surface area (Å²) in [6.07, 6.45) is 0. The van der Waals surface area contributed by atoms with Gasteiger partial charge < -0.3 is 5.32 Å². The standard InChI is InChI=1S/C22H16BrClN2OS/c1-13-17-11-16(23)7-9-20(17)28-21-8-6-14(10-19(21)26-13)22(27)25-12-15-4-2-3-5-18(15)24/h2-11H,12H2,1H3,(H,25,27). The molecule has 1 heterocycles. The van der Waals surface area contributed by atoms with Gasteiger partial charge in [0.2, 0.25) is 0 Å². The number of carbonyl (C=O) groups is 1. The van der Waals surface area contributed by atoms with Gasteiger partial charge in [-0.1, -0.05) is 57.5 Å². The van der Waals surface area contributed by atoms with Crippen LogP contribution in [0, 0.1) is 0 Å². The Bertz CT molecular complexity index is 1110. The number of benzene rings is 3. The lowest BCUT2D eigenvalue weighted by molar-refractivity contribution is 0.0951. The number of rotatable bonds is 3. The van der Waals surface area contributed by atoms with Gasteiger partial charge >= 0.3 is 0 Å². The van der Waals surface area contributed by atoms with Crippen molar-refractivity contribution in [1.82, 2.24) is 5.32 Å². The number of hydrogen-bond donors (Lipinski definition) is 1. The van der Waals surface area contributed by atoms with Crippen LogP contribution in [-0.4, -0.2) is 11.6 Å². The molecule has 0 saturated heterocycles. The lowest BCUT2D eigenvalue weighted by Gasteiger charge is -2.09. The molecule has 0 fully saturated rings. The highest BCUT2D eigenvalue weighted by molar-refractivity contribution is 9.10. The third-order valence-electron chi connectivity index (χ3n) is 4.46. The quantitative estimate of drug-likeness (QED) is 0.465. The summed E-state index contributed by atoms with van der Waals surface area (Å²) in [5, 5.41) is 3.57. The van der Waals surface area contributed by atoms with E-state index in [0.29, 0.717) is 17.1 Å². The van der Waals surface area contributed by atoms with E-state index in [4.69, 9.17) is 16.6 Å². The molecule has 140 valence electrons. The molecule has 1 aliphatic heterocycles. The smallest absolute Gasteiger partial charge is 0.251 e. The zero-order valence-electron chi connectivity index (χ0n) is 15.0. The molecular formula is C22H16BrClN2OS. The Labute approximate surface area is 181 Å². The molecule has 0 spiro atoms. The minimum absolute atomic E-state index is 0.148. The lowest BCUT2D eigenvalue weighted by atomic mass is 10.1. The van der Waals surface area contributed by atoms with Crippen LogP contribution in [-0.2, 0) is 6.54 Å². The molecule has 0 aromatic heterocycles.